The van der Waals surface area contributed by atoms with Crippen LogP contribution in [0.15, 0.2) is 18.2 Å². The van der Waals surface area contributed by atoms with Gasteiger partial charge in [-0.15, -0.1) is 12.0 Å². The molecule has 1 atom stereocenters. The maximum Gasteiger partial charge on any atom is 0.270 e. The number of hydrogen-bond acceptors (Lipinski definition) is 3. The Balaban J connectivity index is 3.17. The highest BCUT2D eigenvalue weighted by Gasteiger charge is 2.15. The second-order valence-electron chi connectivity index (χ2n) is 5.09. The predicted molar refractivity (Wildman–Crippen MR) is 77.1 cm³/mol. The number of hydrogen-bond donors (Lipinski definition) is 1. The van der Waals surface area contributed by atoms with Crippen LogP contribution in [0, 0.1) is 33.9 Å². The molecule has 98 valence electrons. The van der Waals surface area contributed by atoms with Crippen molar-refractivity contribution in [2.24, 2.45) is 0 Å². The van der Waals surface area contributed by atoms with E-state index in [1.165, 1.54) is 18.2 Å². The largest absolute Gasteiger partial charge is 0.376 e. The third kappa shape index (κ3) is 4.25. The van der Waals surface area contributed by atoms with Crippen LogP contribution in [-0.2, 0) is 0 Å². The molecule has 0 aromatic heterocycles. The van der Waals surface area contributed by atoms with Crippen LogP contribution in [0.4, 0.5) is 5.69 Å². The topological polar surface area (TPSA) is 63.4 Å². The van der Waals surface area contributed by atoms with Gasteiger partial charge in [-0.2, -0.15) is 0 Å². The van der Waals surface area contributed by atoms with Gasteiger partial charge in [0.2, 0.25) is 0 Å². The van der Waals surface area contributed by atoms with Gasteiger partial charge in [-0.3, -0.25) is 10.1 Å². The highest BCUT2D eigenvalue weighted by Crippen LogP contribution is 2.22. The molecule has 0 amide bonds. The maximum absolute atomic E-state index is 10.7. The van der Waals surface area contributed by atoms with Crippen LogP contribution in [0.5, 0.6) is 0 Å². The number of rotatable bonds is 2. The first-order chi connectivity index (χ1) is 8.74. The second-order valence-corrected chi connectivity index (χ2v) is 9.84. The lowest BCUT2D eigenvalue weighted by atomic mass is 10.0. The van der Waals surface area contributed by atoms with Gasteiger partial charge in [-0.25, -0.2) is 0 Å². The summed E-state index contributed by atoms with van der Waals surface area (Å²) < 4.78 is 0. The Morgan fingerprint density at radius 1 is 1.42 bits per heavy atom. The quantitative estimate of drug-likeness (QED) is 0.390. The van der Waals surface area contributed by atoms with Crippen molar-refractivity contribution in [3.63, 3.8) is 0 Å². The molecule has 1 aromatic rings. The molecule has 0 heterocycles. The Morgan fingerprint density at radius 3 is 2.53 bits per heavy atom. The molecule has 0 bridgehead atoms. The number of nitrogens with zero attached hydrogens (tertiary/aromatic N) is 1. The molecule has 1 aromatic carbocycles. The van der Waals surface area contributed by atoms with E-state index in [9.17, 15) is 15.2 Å². The normalized spacial score (nSPS) is 11.9. The smallest absolute Gasteiger partial charge is 0.270 e. The zero-order valence-electron chi connectivity index (χ0n) is 11.1. The lowest BCUT2D eigenvalue weighted by Crippen LogP contribution is -2.17. The second kappa shape index (κ2) is 5.70. The standard InChI is InChI=1S/C14H15NO3Si/c1-5-11-10-12(15(17)18)6-7-13(11)14(16)8-9-19(2,3)4/h1,6-7,10,14,16H,2-4H3. The molecule has 0 saturated carbocycles. The average Bonchev–Trinajstić information content (AvgIpc) is 2.34. The average molecular weight is 273 g/mol. The van der Waals surface area contributed by atoms with Crippen LogP contribution in [0.1, 0.15) is 17.2 Å². The first-order valence-corrected chi connectivity index (χ1v) is 9.20. The van der Waals surface area contributed by atoms with Gasteiger partial charge >= 0.3 is 0 Å². The van der Waals surface area contributed by atoms with Gasteiger partial charge in [0.15, 0.2) is 0 Å². The van der Waals surface area contributed by atoms with Gasteiger partial charge < -0.3 is 5.11 Å². The molecule has 4 nitrogen and oxygen atoms in total. The van der Waals surface area contributed by atoms with Crippen molar-refractivity contribution in [1.29, 1.82) is 0 Å². The SMILES string of the molecule is C#Cc1cc([N+](=O)[O-])ccc1C(O)C#C[Si](C)(C)C. The van der Waals surface area contributed by atoms with Crippen molar-refractivity contribution >= 4 is 13.8 Å². The van der Waals surface area contributed by atoms with Crippen molar-refractivity contribution in [1.82, 2.24) is 0 Å². The number of nitro benzene ring substituents is 1. The summed E-state index contributed by atoms with van der Waals surface area (Å²) in [6.07, 6.45) is 4.30. The van der Waals surface area contributed by atoms with Gasteiger partial charge in [-0.1, -0.05) is 31.5 Å². The van der Waals surface area contributed by atoms with E-state index in [4.69, 9.17) is 6.42 Å². The van der Waals surface area contributed by atoms with Crippen LogP contribution in [0.2, 0.25) is 19.6 Å². The maximum atomic E-state index is 10.7. The number of aliphatic hydroxyl groups is 1. The molecule has 0 aliphatic heterocycles. The van der Waals surface area contributed by atoms with E-state index < -0.39 is 19.1 Å². The van der Waals surface area contributed by atoms with E-state index in [0.29, 0.717) is 11.1 Å². The highest BCUT2D eigenvalue weighted by atomic mass is 28.3. The van der Waals surface area contributed by atoms with Gasteiger partial charge in [0.25, 0.3) is 5.69 Å². The zero-order chi connectivity index (χ0) is 14.6. The molecule has 1 N–H and O–H groups in total. The Hall–Kier alpha value is -2.08. The fourth-order valence-electron chi connectivity index (χ4n) is 1.38. The van der Waals surface area contributed by atoms with Crippen LogP contribution < -0.4 is 0 Å². The fourth-order valence-corrected chi connectivity index (χ4v) is 1.95. The Morgan fingerprint density at radius 2 is 2.05 bits per heavy atom. The minimum atomic E-state index is -1.59. The highest BCUT2D eigenvalue weighted by molar-refractivity contribution is 6.83. The van der Waals surface area contributed by atoms with Crippen LogP contribution in [0.3, 0.4) is 0 Å². The molecule has 0 spiro atoms. The number of aliphatic hydroxyl groups excluding tert-OH is 1. The van der Waals surface area contributed by atoms with Crippen molar-refractivity contribution in [2.75, 3.05) is 0 Å². The zero-order valence-corrected chi connectivity index (χ0v) is 12.1. The fraction of sp³-hybridized carbons (Fsp3) is 0.286. The third-order valence-corrected chi connectivity index (χ3v) is 3.18. The molecule has 0 radical (unpaired) electrons. The summed E-state index contributed by atoms with van der Waals surface area (Å²) in [6.45, 7) is 6.18. The van der Waals surface area contributed by atoms with Crippen molar-refractivity contribution in [3.8, 4) is 23.8 Å². The molecular weight excluding hydrogens is 258 g/mol. The summed E-state index contributed by atoms with van der Waals surface area (Å²) in [4.78, 5) is 10.1. The van der Waals surface area contributed by atoms with Crippen molar-refractivity contribution < 1.29 is 10.0 Å². The lowest BCUT2D eigenvalue weighted by molar-refractivity contribution is -0.384. The molecule has 0 fully saturated rings. The predicted octanol–water partition coefficient (Wildman–Crippen LogP) is 2.49. The van der Waals surface area contributed by atoms with Crippen LogP contribution in [-0.4, -0.2) is 18.1 Å². The van der Waals surface area contributed by atoms with E-state index in [1.807, 2.05) is 0 Å². The summed E-state index contributed by atoms with van der Waals surface area (Å²) in [5.74, 6) is 5.11. The molecule has 5 heteroatoms. The Bertz CT molecular complexity index is 600. The summed E-state index contributed by atoms with van der Waals surface area (Å²) in [5, 5.41) is 20.7. The van der Waals surface area contributed by atoms with Gasteiger partial charge in [-0.05, 0) is 6.07 Å². The van der Waals surface area contributed by atoms with Gasteiger partial charge in [0.1, 0.15) is 14.2 Å². The summed E-state index contributed by atoms with van der Waals surface area (Å²) in [5.41, 5.74) is 3.68. The minimum absolute atomic E-state index is 0.0953. The Kier molecular flexibility index (Phi) is 4.50. The van der Waals surface area contributed by atoms with Crippen molar-refractivity contribution in [2.45, 2.75) is 25.7 Å². The molecule has 1 rings (SSSR count). The number of benzene rings is 1. The van der Waals surface area contributed by atoms with Gasteiger partial charge in [0, 0.05) is 23.3 Å². The van der Waals surface area contributed by atoms with Gasteiger partial charge in [0.05, 0.1) is 4.92 Å². The monoisotopic (exact) mass is 273 g/mol. The minimum Gasteiger partial charge on any atom is -0.376 e. The molecule has 0 aliphatic carbocycles. The molecule has 0 saturated heterocycles. The lowest BCUT2D eigenvalue weighted by Gasteiger charge is -2.09. The van der Waals surface area contributed by atoms with E-state index in [-0.39, 0.29) is 5.69 Å². The molecule has 1 unspecified atom stereocenters. The van der Waals surface area contributed by atoms with E-state index >= 15 is 0 Å². The van der Waals surface area contributed by atoms with E-state index in [1.54, 1.807) is 0 Å². The molecule has 0 aliphatic rings. The van der Waals surface area contributed by atoms with Crippen LogP contribution in [0.25, 0.3) is 0 Å². The summed E-state index contributed by atoms with van der Waals surface area (Å²) in [7, 11) is -1.59. The first-order valence-electron chi connectivity index (χ1n) is 5.70. The summed E-state index contributed by atoms with van der Waals surface area (Å²) in [6, 6.07) is 4.04. The first kappa shape index (κ1) is 15.0. The van der Waals surface area contributed by atoms with E-state index in [0.717, 1.165) is 0 Å². The number of non-ortho nitro benzene ring substituents is 1. The molecular formula is C14H15NO3Si. The Labute approximate surface area is 113 Å². The third-order valence-electron chi connectivity index (χ3n) is 2.28. The van der Waals surface area contributed by atoms with E-state index in [2.05, 4.69) is 37.0 Å². The number of terminal acetylenes is 1. The number of nitro groups is 1. The molecule has 19 heavy (non-hydrogen) atoms. The van der Waals surface area contributed by atoms with Crippen molar-refractivity contribution in [3.05, 3.63) is 39.4 Å². The van der Waals surface area contributed by atoms with Crippen LogP contribution >= 0.6 is 0 Å². The summed E-state index contributed by atoms with van der Waals surface area (Å²) >= 11 is 0.